The maximum atomic E-state index is 8.72. The van der Waals surface area contributed by atoms with Crippen molar-refractivity contribution in [2.24, 2.45) is 0 Å². The van der Waals surface area contributed by atoms with Gasteiger partial charge in [-0.05, 0) is 45.2 Å². The van der Waals surface area contributed by atoms with Gasteiger partial charge in [-0.25, -0.2) is 0 Å². The Labute approximate surface area is 164 Å². The fourth-order valence-electron chi connectivity index (χ4n) is 3.50. The largest absolute Gasteiger partial charge is 0.396 e. The fraction of sp³-hybridized carbons (Fsp3) is 1.00. The summed E-state index contributed by atoms with van der Waals surface area (Å²) in [5.74, 6) is 0. The summed E-state index contributed by atoms with van der Waals surface area (Å²) < 4.78 is 0. The molecule has 0 spiro atoms. The molecule has 158 valence electrons. The quantitative estimate of drug-likeness (QED) is 0.194. The zero-order valence-corrected chi connectivity index (χ0v) is 17.7. The molecule has 0 aliphatic carbocycles. The first-order chi connectivity index (χ1) is 12.9. The molecule has 0 aromatic carbocycles. The van der Waals surface area contributed by atoms with E-state index in [0.717, 1.165) is 25.8 Å². The van der Waals surface area contributed by atoms with Crippen LogP contribution < -0.4 is 5.32 Å². The third-order valence-corrected chi connectivity index (χ3v) is 5.27. The maximum absolute atomic E-state index is 8.72. The first-order valence-corrected chi connectivity index (χ1v) is 11.8. The average molecular weight is 372 g/mol. The molecule has 0 aliphatic heterocycles. The van der Waals surface area contributed by atoms with Crippen LogP contribution in [0.4, 0.5) is 0 Å². The van der Waals surface area contributed by atoms with Crippen molar-refractivity contribution in [3.8, 4) is 0 Å². The minimum absolute atomic E-state index is 0.340. The molecule has 0 rings (SSSR count). The zero-order valence-electron chi connectivity index (χ0n) is 17.7. The van der Waals surface area contributed by atoms with Crippen molar-refractivity contribution in [2.45, 2.75) is 122 Å². The van der Waals surface area contributed by atoms with E-state index in [2.05, 4.69) is 5.32 Å². The highest BCUT2D eigenvalue weighted by Gasteiger charge is 1.95. The summed E-state index contributed by atoms with van der Waals surface area (Å²) in [6, 6.07) is 0. The lowest BCUT2D eigenvalue weighted by Gasteiger charge is -2.05. The van der Waals surface area contributed by atoms with Gasteiger partial charge in [-0.15, -0.1) is 0 Å². The molecule has 0 bridgehead atoms. The maximum Gasteiger partial charge on any atom is 0.0431 e. The van der Waals surface area contributed by atoms with Gasteiger partial charge in [0, 0.05) is 13.2 Å². The van der Waals surface area contributed by atoms with Crippen molar-refractivity contribution in [2.75, 3.05) is 26.3 Å². The van der Waals surface area contributed by atoms with Gasteiger partial charge in [0.2, 0.25) is 0 Å². The molecule has 3 heteroatoms. The van der Waals surface area contributed by atoms with Crippen molar-refractivity contribution in [1.29, 1.82) is 0 Å². The monoisotopic (exact) mass is 371 g/mol. The standard InChI is InChI=1S/C23H49NO2/c25-22-18-14-12-10-8-6-4-2-1-3-5-7-9-11-13-16-20-24-21-17-15-19-23-26/h24-26H,1-23H2. The van der Waals surface area contributed by atoms with Gasteiger partial charge in [0.25, 0.3) is 0 Å². The van der Waals surface area contributed by atoms with Crippen LogP contribution in [0.25, 0.3) is 0 Å². The van der Waals surface area contributed by atoms with E-state index in [1.54, 1.807) is 0 Å². The summed E-state index contributed by atoms with van der Waals surface area (Å²) >= 11 is 0. The summed E-state index contributed by atoms with van der Waals surface area (Å²) in [5, 5.41) is 20.9. The van der Waals surface area contributed by atoms with Gasteiger partial charge in [0.1, 0.15) is 0 Å². The first kappa shape index (κ1) is 25.9. The highest BCUT2D eigenvalue weighted by Crippen LogP contribution is 2.13. The molecule has 0 heterocycles. The van der Waals surface area contributed by atoms with E-state index in [1.165, 1.54) is 109 Å². The van der Waals surface area contributed by atoms with Crippen LogP contribution in [0.15, 0.2) is 0 Å². The lowest BCUT2D eigenvalue weighted by molar-refractivity contribution is 0.282. The molecular formula is C23H49NO2. The minimum Gasteiger partial charge on any atom is -0.396 e. The van der Waals surface area contributed by atoms with Crippen molar-refractivity contribution >= 4 is 0 Å². The van der Waals surface area contributed by atoms with Crippen LogP contribution in [0.3, 0.4) is 0 Å². The summed E-state index contributed by atoms with van der Waals surface area (Å²) in [5.41, 5.74) is 0. The van der Waals surface area contributed by atoms with Crippen molar-refractivity contribution in [1.82, 2.24) is 5.32 Å². The Balaban J connectivity index is 2.95. The van der Waals surface area contributed by atoms with E-state index >= 15 is 0 Å². The highest BCUT2D eigenvalue weighted by molar-refractivity contribution is 4.52. The van der Waals surface area contributed by atoms with Crippen molar-refractivity contribution in [3.63, 3.8) is 0 Å². The molecule has 3 N–H and O–H groups in total. The normalized spacial score (nSPS) is 11.3. The van der Waals surface area contributed by atoms with E-state index in [9.17, 15) is 0 Å². The number of hydrogen-bond donors (Lipinski definition) is 3. The number of unbranched alkanes of at least 4 members (excludes halogenated alkanes) is 17. The van der Waals surface area contributed by atoms with Crippen LogP contribution in [-0.2, 0) is 0 Å². The summed E-state index contributed by atoms with van der Waals surface area (Å²) in [6.07, 6.45) is 25.1. The Bertz CT molecular complexity index is 212. The van der Waals surface area contributed by atoms with Gasteiger partial charge < -0.3 is 15.5 Å². The second-order valence-electron chi connectivity index (χ2n) is 7.91. The lowest BCUT2D eigenvalue weighted by Crippen LogP contribution is -2.16. The third kappa shape index (κ3) is 23.9. The Morgan fingerprint density at radius 2 is 0.538 bits per heavy atom. The summed E-state index contributed by atoms with van der Waals surface area (Å²) in [7, 11) is 0. The van der Waals surface area contributed by atoms with Crippen LogP contribution in [0.5, 0.6) is 0 Å². The van der Waals surface area contributed by atoms with E-state index in [0.29, 0.717) is 13.2 Å². The molecule has 0 aromatic rings. The summed E-state index contributed by atoms with van der Waals surface area (Å²) in [4.78, 5) is 0. The van der Waals surface area contributed by atoms with Crippen LogP contribution in [-0.4, -0.2) is 36.5 Å². The molecule has 0 atom stereocenters. The van der Waals surface area contributed by atoms with Crippen LogP contribution in [0, 0.1) is 0 Å². The van der Waals surface area contributed by atoms with Crippen LogP contribution in [0.1, 0.15) is 122 Å². The molecule has 0 fully saturated rings. The van der Waals surface area contributed by atoms with E-state index in [-0.39, 0.29) is 0 Å². The second-order valence-corrected chi connectivity index (χ2v) is 7.91. The highest BCUT2D eigenvalue weighted by atomic mass is 16.3. The zero-order chi connectivity index (χ0) is 19.0. The minimum atomic E-state index is 0.340. The van der Waals surface area contributed by atoms with Gasteiger partial charge in [-0.3, -0.25) is 0 Å². The molecule has 0 aromatic heterocycles. The number of hydrogen-bond acceptors (Lipinski definition) is 3. The molecule has 3 nitrogen and oxygen atoms in total. The smallest absolute Gasteiger partial charge is 0.0431 e. The van der Waals surface area contributed by atoms with Gasteiger partial charge >= 0.3 is 0 Å². The Hall–Kier alpha value is -0.120. The molecule has 0 saturated heterocycles. The molecule has 0 amide bonds. The van der Waals surface area contributed by atoms with E-state index in [1.807, 2.05) is 0 Å². The Morgan fingerprint density at radius 1 is 0.308 bits per heavy atom. The molecule has 26 heavy (non-hydrogen) atoms. The number of rotatable bonds is 23. The predicted octanol–water partition coefficient (Wildman–Crippen LogP) is 5.97. The van der Waals surface area contributed by atoms with E-state index < -0.39 is 0 Å². The van der Waals surface area contributed by atoms with Gasteiger partial charge in [-0.2, -0.15) is 0 Å². The van der Waals surface area contributed by atoms with Crippen LogP contribution in [0.2, 0.25) is 0 Å². The van der Waals surface area contributed by atoms with Gasteiger partial charge in [-0.1, -0.05) is 89.9 Å². The molecule has 0 unspecified atom stereocenters. The lowest BCUT2D eigenvalue weighted by atomic mass is 10.0. The Morgan fingerprint density at radius 3 is 0.846 bits per heavy atom. The first-order valence-electron chi connectivity index (χ1n) is 11.8. The number of aliphatic hydroxyl groups is 2. The van der Waals surface area contributed by atoms with Crippen molar-refractivity contribution in [3.05, 3.63) is 0 Å². The SMILES string of the molecule is OCCCCCCCCCCCCCCCCCCNCCCCCO. The van der Waals surface area contributed by atoms with Crippen molar-refractivity contribution < 1.29 is 10.2 Å². The number of nitrogens with one attached hydrogen (secondary N) is 1. The fourth-order valence-corrected chi connectivity index (χ4v) is 3.50. The molecular weight excluding hydrogens is 322 g/mol. The molecule has 0 aliphatic rings. The Kier molecular flexibility index (Phi) is 24.8. The predicted molar refractivity (Wildman–Crippen MR) is 115 cm³/mol. The molecule has 0 radical (unpaired) electrons. The van der Waals surface area contributed by atoms with Gasteiger partial charge in [0.05, 0.1) is 0 Å². The van der Waals surface area contributed by atoms with Gasteiger partial charge in [0.15, 0.2) is 0 Å². The summed E-state index contributed by atoms with van der Waals surface area (Å²) in [6.45, 7) is 2.99. The van der Waals surface area contributed by atoms with Crippen LogP contribution >= 0.6 is 0 Å². The third-order valence-electron chi connectivity index (χ3n) is 5.27. The topological polar surface area (TPSA) is 52.5 Å². The van der Waals surface area contributed by atoms with E-state index in [4.69, 9.17) is 10.2 Å². The second kappa shape index (κ2) is 24.9. The molecule has 0 saturated carbocycles. The number of aliphatic hydroxyl groups excluding tert-OH is 2. The average Bonchev–Trinajstić information content (AvgIpc) is 2.66.